The third kappa shape index (κ3) is 5.02. The average Bonchev–Trinajstić information content (AvgIpc) is 3.46. The van der Waals surface area contributed by atoms with E-state index in [4.69, 9.17) is 14.7 Å². The molecule has 3 aromatic heterocycles. The lowest BCUT2D eigenvalue weighted by atomic mass is 10.2. The highest BCUT2D eigenvalue weighted by atomic mass is 32.2. The van der Waals surface area contributed by atoms with Crippen LogP contribution in [0.2, 0.25) is 0 Å². The van der Waals surface area contributed by atoms with Crippen molar-refractivity contribution in [2.75, 3.05) is 49.3 Å². The number of nitrogens with zero attached hydrogens (tertiary/aromatic N) is 7. The molecule has 11 nitrogen and oxygen atoms in total. The molecule has 1 atom stereocenters. The van der Waals surface area contributed by atoms with Crippen LogP contribution in [0.15, 0.2) is 27.5 Å². The second kappa shape index (κ2) is 10.5. The Morgan fingerprint density at radius 1 is 1.29 bits per heavy atom. The Kier molecular flexibility index (Phi) is 7.25. The molecule has 3 aromatic rings. The number of aryl methyl sites for hydroxylation is 1. The Morgan fingerprint density at radius 3 is 2.91 bits per heavy atom. The number of rotatable bonds is 8. The summed E-state index contributed by atoms with van der Waals surface area (Å²) in [5, 5.41) is 9.82. The summed E-state index contributed by atoms with van der Waals surface area (Å²) in [7, 11) is 0. The summed E-state index contributed by atoms with van der Waals surface area (Å²) in [5.41, 5.74) is 1.28. The third-order valence-electron chi connectivity index (χ3n) is 6.01. The number of carbonyl (C=O) groups excluding carboxylic acids is 1. The Morgan fingerprint density at radius 2 is 2.11 bits per heavy atom. The van der Waals surface area contributed by atoms with E-state index < -0.39 is 0 Å². The van der Waals surface area contributed by atoms with Crippen LogP contribution in [0.4, 0.5) is 5.82 Å². The highest BCUT2D eigenvalue weighted by Crippen LogP contribution is 2.32. The minimum atomic E-state index is -0.183. The largest absolute Gasteiger partial charge is 0.378 e. The number of hydrogen-bond acceptors (Lipinski definition) is 10. The molecule has 2 aliphatic rings. The van der Waals surface area contributed by atoms with Crippen LogP contribution in [-0.4, -0.2) is 79.6 Å². The van der Waals surface area contributed by atoms with E-state index in [1.54, 1.807) is 35.6 Å². The highest BCUT2D eigenvalue weighted by Gasteiger charge is 2.27. The number of carbonyl (C=O) groups is 1. The van der Waals surface area contributed by atoms with Crippen LogP contribution in [0.1, 0.15) is 24.9 Å². The maximum absolute atomic E-state index is 12.7. The molecule has 5 rings (SSSR count). The second-order valence-electron chi connectivity index (χ2n) is 8.39. The Labute approximate surface area is 211 Å². The van der Waals surface area contributed by atoms with E-state index in [0.717, 1.165) is 40.9 Å². The topological polar surface area (TPSA) is 120 Å². The minimum Gasteiger partial charge on any atom is -0.378 e. The summed E-state index contributed by atoms with van der Waals surface area (Å²) in [5.74, 6) is 2.33. The lowest BCUT2D eigenvalue weighted by Gasteiger charge is -2.28. The molecule has 0 bridgehead atoms. The molecule has 1 saturated heterocycles. The number of thioether (sulfide) groups is 2. The number of ether oxygens (including phenoxy) is 1. The van der Waals surface area contributed by atoms with Gasteiger partial charge in [0.05, 0.1) is 37.4 Å². The predicted molar refractivity (Wildman–Crippen MR) is 135 cm³/mol. The molecule has 13 heteroatoms. The van der Waals surface area contributed by atoms with E-state index in [1.165, 1.54) is 11.8 Å². The molecule has 1 N–H and O–H groups in total. The molecular weight excluding hydrogens is 488 g/mol. The quantitative estimate of drug-likeness (QED) is 0.348. The van der Waals surface area contributed by atoms with E-state index in [2.05, 4.69) is 27.2 Å². The van der Waals surface area contributed by atoms with Gasteiger partial charge in [0.2, 0.25) is 5.91 Å². The van der Waals surface area contributed by atoms with Gasteiger partial charge < -0.3 is 15.0 Å². The van der Waals surface area contributed by atoms with Crippen LogP contribution in [0.3, 0.4) is 0 Å². The van der Waals surface area contributed by atoms with Gasteiger partial charge in [-0.15, -0.1) is 0 Å². The molecule has 186 valence electrons. The fourth-order valence-electron chi connectivity index (χ4n) is 4.25. The third-order valence-corrected chi connectivity index (χ3v) is 7.85. The van der Waals surface area contributed by atoms with Crippen molar-refractivity contribution in [3.63, 3.8) is 0 Å². The summed E-state index contributed by atoms with van der Waals surface area (Å²) in [4.78, 5) is 41.2. The summed E-state index contributed by atoms with van der Waals surface area (Å²) in [6, 6.07) is -0.183. The van der Waals surface area contributed by atoms with Crippen LogP contribution < -0.4 is 15.8 Å². The van der Waals surface area contributed by atoms with Crippen molar-refractivity contribution in [1.82, 2.24) is 34.6 Å². The zero-order chi connectivity index (χ0) is 24.4. The fraction of sp³-hybridized carbons (Fsp3) is 0.545. The maximum atomic E-state index is 12.7. The molecule has 0 saturated carbocycles. The summed E-state index contributed by atoms with van der Waals surface area (Å²) >= 11 is 3.11. The van der Waals surface area contributed by atoms with Gasteiger partial charge in [0.25, 0.3) is 5.56 Å². The Balaban J connectivity index is 1.26. The van der Waals surface area contributed by atoms with E-state index >= 15 is 0 Å². The van der Waals surface area contributed by atoms with Crippen LogP contribution >= 0.6 is 23.5 Å². The SMILES string of the molecule is CCSc1nc(N2CCOCC2)c2cnn(CCNC(=O)CC3CSc4ncc(C)c(=O)n43)c2n1. The van der Waals surface area contributed by atoms with Gasteiger partial charge in [0.15, 0.2) is 16.0 Å². The Bertz CT molecular complexity index is 1290. The first-order chi connectivity index (χ1) is 17.0. The predicted octanol–water partition coefficient (Wildman–Crippen LogP) is 1.49. The Hall–Kier alpha value is -2.64. The molecule has 2 aliphatic heterocycles. The highest BCUT2D eigenvalue weighted by molar-refractivity contribution is 7.99. The van der Waals surface area contributed by atoms with Gasteiger partial charge in [0.1, 0.15) is 5.82 Å². The second-order valence-corrected chi connectivity index (χ2v) is 10.6. The van der Waals surface area contributed by atoms with Crippen molar-refractivity contribution < 1.29 is 9.53 Å². The average molecular weight is 517 g/mol. The standard InChI is InChI=1S/C22H28N8O3S2/c1-3-34-21-26-18(28-6-8-33-9-7-28)16-12-25-29(19(16)27-21)5-4-23-17(31)10-15-13-35-22-24-11-14(2)20(32)30(15)22/h11-12,15H,3-10,13H2,1-2H3,(H,23,31). The summed E-state index contributed by atoms with van der Waals surface area (Å²) in [6.45, 7) is 7.63. The zero-order valence-corrected chi connectivity index (χ0v) is 21.4. The van der Waals surface area contributed by atoms with E-state index in [1.807, 2.05) is 4.68 Å². The molecule has 1 amide bonds. The summed E-state index contributed by atoms with van der Waals surface area (Å²) in [6.07, 6.45) is 3.64. The lowest BCUT2D eigenvalue weighted by molar-refractivity contribution is -0.121. The molecule has 0 radical (unpaired) electrons. The molecule has 1 fully saturated rings. The number of aromatic nitrogens is 6. The smallest absolute Gasteiger partial charge is 0.257 e. The van der Waals surface area contributed by atoms with Crippen molar-refractivity contribution in [2.24, 2.45) is 0 Å². The van der Waals surface area contributed by atoms with E-state index in [-0.39, 0.29) is 23.9 Å². The van der Waals surface area contributed by atoms with Crippen LogP contribution in [0.5, 0.6) is 0 Å². The molecule has 5 heterocycles. The number of nitrogens with one attached hydrogen (secondary N) is 1. The van der Waals surface area contributed by atoms with Crippen molar-refractivity contribution >= 4 is 46.3 Å². The van der Waals surface area contributed by atoms with Gasteiger partial charge >= 0.3 is 0 Å². The van der Waals surface area contributed by atoms with Gasteiger partial charge in [-0.1, -0.05) is 30.4 Å². The van der Waals surface area contributed by atoms with Crippen molar-refractivity contribution in [2.45, 2.75) is 43.2 Å². The van der Waals surface area contributed by atoms with Crippen molar-refractivity contribution in [1.29, 1.82) is 0 Å². The van der Waals surface area contributed by atoms with Crippen molar-refractivity contribution in [3.8, 4) is 0 Å². The monoisotopic (exact) mass is 516 g/mol. The van der Waals surface area contributed by atoms with E-state index in [9.17, 15) is 9.59 Å². The van der Waals surface area contributed by atoms with Crippen LogP contribution in [0, 0.1) is 6.92 Å². The van der Waals surface area contributed by atoms with Crippen LogP contribution in [0.25, 0.3) is 11.0 Å². The fourth-order valence-corrected chi connectivity index (χ4v) is 5.92. The lowest BCUT2D eigenvalue weighted by Crippen LogP contribution is -2.37. The molecule has 35 heavy (non-hydrogen) atoms. The molecule has 0 aliphatic carbocycles. The van der Waals surface area contributed by atoms with E-state index in [0.29, 0.717) is 42.8 Å². The first-order valence-electron chi connectivity index (χ1n) is 11.7. The van der Waals surface area contributed by atoms with Gasteiger partial charge in [0, 0.05) is 43.6 Å². The number of hydrogen-bond donors (Lipinski definition) is 1. The number of anilines is 1. The molecule has 1 unspecified atom stereocenters. The van der Waals surface area contributed by atoms with Crippen molar-refractivity contribution in [3.05, 3.63) is 28.3 Å². The summed E-state index contributed by atoms with van der Waals surface area (Å²) < 4.78 is 8.97. The molecule has 0 aromatic carbocycles. The molecular formula is C22H28N8O3S2. The van der Waals surface area contributed by atoms with Crippen LogP contribution in [-0.2, 0) is 16.1 Å². The minimum absolute atomic E-state index is 0.0719. The van der Waals surface area contributed by atoms with Gasteiger partial charge in [-0.25, -0.2) is 19.6 Å². The number of morpholine rings is 1. The van der Waals surface area contributed by atoms with Gasteiger partial charge in [-0.05, 0) is 12.7 Å². The normalized spacial score (nSPS) is 17.7. The number of amides is 1. The number of fused-ring (bicyclic) bond motifs is 2. The zero-order valence-electron chi connectivity index (χ0n) is 19.8. The maximum Gasteiger partial charge on any atom is 0.257 e. The first-order valence-corrected chi connectivity index (χ1v) is 13.7. The van der Waals surface area contributed by atoms with Gasteiger partial charge in [-0.3, -0.25) is 14.2 Å². The molecule has 0 spiro atoms. The first kappa shape index (κ1) is 24.1. The van der Waals surface area contributed by atoms with Gasteiger partial charge in [-0.2, -0.15) is 5.10 Å².